The Morgan fingerprint density at radius 3 is 2.64 bits per heavy atom. The number of hydrogen-bond donors (Lipinski definition) is 1. The molecule has 2 fully saturated rings. The second-order valence-electron chi connectivity index (χ2n) is 7.54. The van der Waals surface area contributed by atoms with Gasteiger partial charge in [0.2, 0.25) is 0 Å². The summed E-state index contributed by atoms with van der Waals surface area (Å²) in [5.41, 5.74) is -0.431. The first-order chi connectivity index (χ1) is 10.4. The van der Waals surface area contributed by atoms with Gasteiger partial charge in [0.1, 0.15) is 5.60 Å². The molecule has 2 rings (SSSR count). The first-order valence-corrected chi connectivity index (χ1v) is 8.66. The molecule has 0 aromatic heterocycles. The zero-order valence-corrected chi connectivity index (χ0v) is 14.6. The van der Waals surface area contributed by atoms with E-state index in [2.05, 4.69) is 5.32 Å². The lowest BCUT2D eigenvalue weighted by molar-refractivity contribution is 0.00873. The predicted octanol–water partition coefficient (Wildman–Crippen LogP) is 2.93. The van der Waals surface area contributed by atoms with E-state index in [0.717, 1.165) is 38.8 Å². The molecule has 1 saturated heterocycles. The molecule has 1 N–H and O–H groups in total. The molecule has 3 unspecified atom stereocenters. The van der Waals surface area contributed by atoms with Gasteiger partial charge in [-0.05, 0) is 59.3 Å². The fourth-order valence-corrected chi connectivity index (χ4v) is 3.50. The fourth-order valence-electron chi connectivity index (χ4n) is 3.50. The molecule has 0 bridgehead atoms. The summed E-state index contributed by atoms with van der Waals surface area (Å²) < 4.78 is 11.1. The number of ether oxygens (including phenoxy) is 2. The average Bonchev–Trinajstić information content (AvgIpc) is 2.91. The van der Waals surface area contributed by atoms with E-state index in [-0.39, 0.29) is 12.1 Å². The molecule has 0 aromatic rings. The first-order valence-electron chi connectivity index (χ1n) is 8.66. The van der Waals surface area contributed by atoms with Crippen LogP contribution in [0.3, 0.4) is 0 Å². The molecule has 1 aliphatic heterocycles. The van der Waals surface area contributed by atoms with Crippen LogP contribution in [0.4, 0.5) is 4.79 Å². The van der Waals surface area contributed by atoms with Gasteiger partial charge < -0.3 is 19.7 Å². The van der Waals surface area contributed by atoms with E-state index in [9.17, 15) is 4.79 Å². The van der Waals surface area contributed by atoms with E-state index in [1.165, 1.54) is 12.8 Å². The lowest BCUT2D eigenvalue weighted by Gasteiger charge is -2.37. The van der Waals surface area contributed by atoms with Crippen molar-refractivity contribution in [3.05, 3.63) is 0 Å². The molecule has 3 atom stereocenters. The normalized spacial score (nSPS) is 29.6. The van der Waals surface area contributed by atoms with Gasteiger partial charge in [-0.1, -0.05) is 0 Å². The van der Waals surface area contributed by atoms with Crippen molar-refractivity contribution < 1.29 is 14.3 Å². The number of carbonyl (C=O) groups is 1. The molecular weight excluding hydrogens is 280 g/mol. The van der Waals surface area contributed by atoms with E-state index < -0.39 is 5.60 Å². The molecule has 0 spiro atoms. The summed E-state index contributed by atoms with van der Waals surface area (Å²) in [6.07, 6.45) is 6.97. The van der Waals surface area contributed by atoms with Crippen molar-refractivity contribution in [3.8, 4) is 0 Å². The van der Waals surface area contributed by atoms with Gasteiger partial charge in [0.25, 0.3) is 0 Å². The molecule has 128 valence electrons. The first kappa shape index (κ1) is 17.5. The molecular formula is C17H32N2O3. The van der Waals surface area contributed by atoms with E-state index in [1.54, 1.807) is 7.11 Å². The van der Waals surface area contributed by atoms with Gasteiger partial charge in [-0.2, -0.15) is 0 Å². The zero-order chi connectivity index (χ0) is 16.2. The van der Waals surface area contributed by atoms with Crippen LogP contribution in [0.15, 0.2) is 0 Å². The van der Waals surface area contributed by atoms with Crippen LogP contribution in [0.25, 0.3) is 0 Å². The van der Waals surface area contributed by atoms with Gasteiger partial charge in [-0.25, -0.2) is 4.79 Å². The number of methoxy groups -OCH3 is 1. The van der Waals surface area contributed by atoms with Crippen molar-refractivity contribution >= 4 is 6.09 Å². The van der Waals surface area contributed by atoms with Crippen LogP contribution in [0, 0.1) is 0 Å². The molecule has 5 heteroatoms. The average molecular weight is 312 g/mol. The van der Waals surface area contributed by atoms with E-state index >= 15 is 0 Å². The maximum atomic E-state index is 12.4. The summed E-state index contributed by atoms with van der Waals surface area (Å²) in [6.45, 7) is 7.40. The smallest absolute Gasteiger partial charge is 0.410 e. The molecule has 2 aliphatic rings. The van der Waals surface area contributed by atoms with Crippen molar-refractivity contribution in [2.45, 2.75) is 83.1 Å². The number of piperidine rings is 1. The summed E-state index contributed by atoms with van der Waals surface area (Å²) >= 11 is 0. The molecule has 0 aromatic carbocycles. The highest BCUT2D eigenvalue weighted by Crippen LogP contribution is 2.23. The van der Waals surface area contributed by atoms with Gasteiger partial charge in [-0.15, -0.1) is 0 Å². The molecule has 1 heterocycles. The summed E-state index contributed by atoms with van der Waals surface area (Å²) in [6, 6.07) is 0.661. The standard InChI is InChI=1S/C17H32N2O3/c1-17(2,3)22-16(20)19-11-6-5-8-13(19)12-18-14-9-7-10-15(14)21-4/h13-15,18H,5-12H2,1-4H3. The number of rotatable bonds is 4. The summed E-state index contributed by atoms with van der Waals surface area (Å²) in [7, 11) is 1.79. The minimum atomic E-state index is -0.431. The molecule has 1 aliphatic carbocycles. The highest BCUT2D eigenvalue weighted by Gasteiger charge is 2.32. The number of likely N-dealkylation sites (tertiary alicyclic amines) is 1. The Balaban J connectivity index is 1.88. The van der Waals surface area contributed by atoms with Crippen LogP contribution in [0.5, 0.6) is 0 Å². The SMILES string of the molecule is COC1CCCC1NCC1CCCCN1C(=O)OC(C)(C)C. The van der Waals surface area contributed by atoms with Crippen molar-refractivity contribution in [1.82, 2.24) is 10.2 Å². The second-order valence-corrected chi connectivity index (χ2v) is 7.54. The Morgan fingerprint density at radius 2 is 1.95 bits per heavy atom. The fraction of sp³-hybridized carbons (Fsp3) is 0.941. The Labute approximate surface area is 134 Å². The summed E-state index contributed by atoms with van der Waals surface area (Å²) in [5.74, 6) is 0. The lowest BCUT2D eigenvalue weighted by Crippen LogP contribution is -2.52. The summed E-state index contributed by atoms with van der Waals surface area (Å²) in [4.78, 5) is 14.3. The molecule has 0 radical (unpaired) electrons. The molecule has 1 amide bonds. The van der Waals surface area contributed by atoms with Gasteiger partial charge >= 0.3 is 6.09 Å². The number of amides is 1. The summed E-state index contributed by atoms with van der Waals surface area (Å²) in [5, 5.41) is 3.63. The van der Waals surface area contributed by atoms with Crippen LogP contribution in [0.2, 0.25) is 0 Å². The largest absolute Gasteiger partial charge is 0.444 e. The third kappa shape index (κ3) is 4.85. The number of nitrogens with zero attached hydrogens (tertiary/aromatic N) is 1. The Hall–Kier alpha value is -0.810. The van der Waals surface area contributed by atoms with Gasteiger partial charge in [0.15, 0.2) is 0 Å². The second kappa shape index (κ2) is 7.64. The number of hydrogen-bond acceptors (Lipinski definition) is 4. The Kier molecular flexibility index (Phi) is 6.09. The van der Waals surface area contributed by atoms with E-state index in [0.29, 0.717) is 12.1 Å². The van der Waals surface area contributed by atoms with Crippen molar-refractivity contribution in [3.63, 3.8) is 0 Å². The lowest BCUT2D eigenvalue weighted by atomic mass is 10.0. The molecule has 22 heavy (non-hydrogen) atoms. The monoisotopic (exact) mass is 312 g/mol. The van der Waals surface area contributed by atoms with Crippen LogP contribution in [-0.2, 0) is 9.47 Å². The third-order valence-electron chi connectivity index (χ3n) is 4.63. The minimum absolute atomic E-state index is 0.172. The highest BCUT2D eigenvalue weighted by molar-refractivity contribution is 5.68. The minimum Gasteiger partial charge on any atom is -0.444 e. The van der Waals surface area contributed by atoms with Crippen molar-refractivity contribution in [2.75, 3.05) is 20.2 Å². The number of carbonyl (C=O) groups excluding carboxylic acids is 1. The van der Waals surface area contributed by atoms with Crippen LogP contribution >= 0.6 is 0 Å². The molecule has 1 saturated carbocycles. The van der Waals surface area contributed by atoms with Crippen molar-refractivity contribution in [2.24, 2.45) is 0 Å². The quantitative estimate of drug-likeness (QED) is 0.867. The van der Waals surface area contributed by atoms with Crippen molar-refractivity contribution in [1.29, 1.82) is 0 Å². The van der Waals surface area contributed by atoms with Gasteiger partial charge in [0.05, 0.1) is 6.10 Å². The predicted molar refractivity (Wildman–Crippen MR) is 87.0 cm³/mol. The number of nitrogens with one attached hydrogen (secondary N) is 1. The topological polar surface area (TPSA) is 50.8 Å². The van der Waals surface area contributed by atoms with E-state index in [4.69, 9.17) is 9.47 Å². The highest BCUT2D eigenvalue weighted by atomic mass is 16.6. The third-order valence-corrected chi connectivity index (χ3v) is 4.63. The maximum Gasteiger partial charge on any atom is 0.410 e. The Morgan fingerprint density at radius 1 is 1.18 bits per heavy atom. The van der Waals surface area contributed by atoms with Crippen LogP contribution < -0.4 is 5.32 Å². The Bertz CT molecular complexity index is 367. The maximum absolute atomic E-state index is 12.4. The van der Waals surface area contributed by atoms with Crippen LogP contribution in [0.1, 0.15) is 59.3 Å². The zero-order valence-electron chi connectivity index (χ0n) is 14.6. The van der Waals surface area contributed by atoms with Crippen LogP contribution in [-0.4, -0.2) is 55.0 Å². The van der Waals surface area contributed by atoms with Gasteiger partial charge in [-0.3, -0.25) is 0 Å². The molecule has 5 nitrogen and oxygen atoms in total. The van der Waals surface area contributed by atoms with E-state index in [1.807, 2.05) is 25.7 Å². The van der Waals surface area contributed by atoms with Gasteiger partial charge in [0, 0.05) is 32.3 Å².